The molecule has 2 aliphatic rings. The first-order valence-corrected chi connectivity index (χ1v) is 8.91. The molecule has 1 heterocycles. The lowest BCUT2D eigenvalue weighted by Gasteiger charge is -2.30. The molecule has 1 unspecified atom stereocenters. The van der Waals surface area contributed by atoms with Gasteiger partial charge in [-0.2, -0.15) is 0 Å². The first kappa shape index (κ1) is 12.8. The molecule has 1 aliphatic carbocycles. The summed E-state index contributed by atoms with van der Waals surface area (Å²) in [5, 5.41) is 9.96. The zero-order chi connectivity index (χ0) is 12.3. The Morgan fingerprint density at radius 3 is 2.82 bits per heavy atom. The Labute approximate surface area is 106 Å². The fraction of sp³-hybridized carbons (Fsp3) is 0.769. The van der Waals surface area contributed by atoms with Gasteiger partial charge >= 0.3 is 0 Å². The molecule has 0 aromatic heterocycles. The van der Waals surface area contributed by atoms with Crippen LogP contribution in [0, 0.1) is 0 Å². The lowest BCUT2D eigenvalue weighted by Crippen LogP contribution is -2.31. The van der Waals surface area contributed by atoms with E-state index in [4.69, 9.17) is 0 Å². The van der Waals surface area contributed by atoms with E-state index in [1.807, 2.05) is 6.92 Å². The predicted octanol–water partition coefficient (Wildman–Crippen LogP) is 1.20. The molecule has 1 aliphatic heterocycles. The molecule has 96 valence electrons. The van der Waals surface area contributed by atoms with Gasteiger partial charge in [0.05, 0.1) is 11.8 Å². The third-order valence-corrected chi connectivity index (χ3v) is 5.52. The van der Waals surface area contributed by atoms with Gasteiger partial charge in [-0.05, 0) is 44.4 Å². The number of allylic oxidation sites excluding steroid dienone is 1. The van der Waals surface area contributed by atoms with E-state index in [1.165, 1.54) is 36.4 Å². The summed E-state index contributed by atoms with van der Waals surface area (Å²) in [7, 11) is 0.246. The maximum atomic E-state index is 9.96. The Balaban J connectivity index is 2.20. The lowest BCUT2D eigenvalue weighted by molar-refractivity contribution is 0.242. The van der Waals surface area contributed by atoms with E-state index in [2.05, 4.69) is 16.8 Å². The molecule has 1 atom stereocenters. The van der Waals surface area contributed by atoms with Crippen molar-refractivity contribution in [3.63, 3.8) is 0 Å². The molecule has 0 amide bonds. The van der Waals surface area contributed by atoms with Gasteiger partial charge in [0, 0.05) is 34.9 Å². The van der Waals surface area contributed by atoms with Crippen molar-refractivity contribution in [2.24, 2.45) is 4.99 Å². The SMILES string of the molecule is CC/N=C1\C(=C(/C)N2CC[SiH2]CC2)CCC1O. The number of aliphatic imine (C=N–C) groups is 1. The highest BCUT2D eigenvalue weighted by Gasteiger charge is 2.28. The fourth-order valence-electron chi connectivity index (χ4n) is 2.90. The van der Waals surface area contributed by atoms with Crippen LogP contribution >= 0.6 is 0 Å². The summed E-state index contributed by atoms with van der Waals surface area (Å²) < 4.78 is 0. The van der Waals surface area contributed by atoms with Crippen LogP contribution in [-0.4, -0.2) is 51.0 Å². The lowest BCUT2D eigenvalue weighted by atomic mass is 10.1. The normalized spacial score (nSPS) is 31.1. The van der Waals surface area contributed by atoms with E-state index >= 15 is 0 Å². The van der Waals surface area contributed by atoms with Gasteiger partial charge in [0.15, 0.2) is 0 Å². The van der Waals surface area contributed by atoms with E-state index in [0.29, 0.717) is 0 Å². The summed E-state index contributed by atoms with van der Waals surface area (Å²) in [4.78, 5) is 7.00. The molecule has 1 saturated heterocycles. The van der Waals surface area contributed by atoms with Crippen molar-refractivity contribution in [3.05, 3.63) is 11.3 Å². The molecular weight excluding hydrogens is 228 g/mol. The van der Waals surface area contributed by atoms with Gasteiger partial charge in [-0.1, -0.05) is 0 Å². The highest BCUT2D eigenvalue weighted by molar-refractivity contribution is 6.35. The van der Waals surface area contributed by atoms with Crippen LogP contribution in [0.4, 0.5) is 0 Å². The van der Waals surface area contributed by atoms with E-state index in [9.17, 15) is 5.11 Å². The molecule has 0 aromatic rings. The fourth-order valence-corrected chi connectivity index (χ4v) is 4.47. The summed E-state index contributed by atoms with van der Waals surface area (Å²) in [6, 6.07) is 2.88. The number of rotatable bonds is 2. The average molecular weight is 252 g/mol. The molecule has 0 spiro atoms. The zero-order valence-electron chi connectivity index (χ0n) is 11.1. The number of aliphatic hydroxyl groups excluding tert-OH is 1. The average Bonchev–Trinajstić information content (AvgIpc) is 2.72. The third kappa shape index (κ3) is 2.80. The number of hydrogen-bond donors (Lipinski definition) is 1. The first-order chi connectivity index (χ1) is 8.24. The molecule has 2 rings (SSSR count). The van der Waals surface area contributed by atoms with Gasteiger partial charge in [-0.3, -0.25) is 4.99 Å². The second-order valence-electron chi connectivity index (χ2n) is 5.03. The molecule has 0 radical (unpaired) electrons. The summed E-state index contributed by atoms with van der Waals surface area (Å²) >= 11 is 0. The molecular formula is C13H24N2OSi. The first-order valence-electron chi connectivity index (χ1n) is 6.91. The monoisotopic (exact) mass is 252 g/mol. The molecule has 2 fully saturated rings. The summed E-state index contributed by atoms with van der Waals surface area (Å²) in [5.41, 5.74) is 3.66. The minimum absolute atomic E-state index is 0.246. The van der Waals surface area contributed by atoms with E-state index in [1.54, 1.807) is 0 Å². The van der Waals surface area contributed by atoms with Crippen LogP contribution in [0.5, 0.6) is 0 Å². The van der Waals surface area contributed by atoms with E-state index < -0.39 is 0 Å². The van der Waals surface area contributed by atoms with Gasteiger partial charge in [0.2, 0.25) is 0 Å². The van der Waals surface area contributed by atoms with Crippen LogP contribution in [0.25, 0.3) is 0 Å². The highest BCUT2D eigenvalue weighted by Crippen LogP contribution is 2.28. The summed E-state index contributed by atoms with van der Waals surface area (Å²) in [6.45, 7) is 7.49. The maximum absolute atomic E-state index is 9.96. The van der Waals surface area contributed by atoms with Crippen molar-refractivity contribution >= 4 is 15.2 Å². The molecule has 1 saturated carbocycles. The van der Waals surface area contributed by atoms with Crippen LogP contribution in [0.1, 0.15) is 26.7 Å². The Bertz CT molecular complexity index is 332. The maximum Gasteiger partial charge on any atom is 0.0962 e. The Kier molecular flexibility index (Phi) is 4.40. The van der Waals surface area contributed by atoms with Gasteiger partial charge < -0.3 is 10.0 Å². The Morgan fingerprint density at radius 1 is 1.47 bits per heavy atom. The van der Waals surface area contributed by atoms with Crippen LogP contribution < -0.4 is 0 Å². The van der Waals surface area contributed by atoms with Crippen molar-refractivity contribution in [2.45, 2.75) is 44.9 Å². The standard InChI is InChI=1S/C13H24N2OSi/c1-3-14-13-11(4-5-12(13)16)10(2)15-6-8-17-9-7-15/h12,16H,3-9,17H2,1-2H3/b11-10+,14-13+. The Hall–Kier alpha value is -0.613. The quantitative estimate of drug-likeness (QED) is 0.750. The van der Waals surface area contributed by atoms with Crippen molar-refractivity contribution in [3.8, 4) is 0 Å². The van der Waals surface area contributed by atoms with E-state index in [0.717, 1.165) is 25.1 Å². The number of hydrogen-bond acceptors (Lipinski definition) is 3. The third-order valence-electron chi connectivity index (χ3n) is 3.89. The highest BCUT2D eigenvalue weighted by atomic mass is 28.2. The van der Waals surface area contributed by atoms with Crippen molar-refractivity contribution < 1.29 is 5.11 Å². The smallest absolute Gasteiger partial charge is 0.0962 e. The van der Waals surface area contributed by atoms with Gasteiger partial charge in [0.1, 0.15) is 0 Å². The van der Waals surface area contributed by atoms with Crippen molar-refractivity contribution in [1.82, 2.24) is 4.90 Å². The predicted molar refractivity (Wildman–Crippen MR) is 75.6 cm³/mol. The number of nitrogens with zero attached hydrogens (tertiary/aromatic N) is 2. The largest absolute Gasteiger partial charge is 0.387 e. The Morgan fingerprint density at radius 2 is 2.18 bits per heavy atom. The molecule has 0 bridgehead atoms. The number of aliphatic hydroxyl groups is 1. The summed E-state index contributed by atoms with van der Waals surface area (Å²) in [5.74, 6) is 0. The van der Waals surface area contributed by atoms with Crippen LogP contribution in [0.15, 0.2) is 16.3 Å². The topological polar surface area (TPSA) is 35.8 Å². The van der Waals surface area contributed by atoms with Gasteiger partial charge in [-0.25, -0.2) is 0 Å². The van der Waals surface area contributed by atoms with E-state index in [-0.39, 0.29) is 15.6 Å². The molecule has 4 heteroatoms. The minimum Gasteiger partial charge on any atom is -0.387 e. The second kappa shape index (κ2) is 5.82. The molecule has 17 heavy (non-hydrogen) atoms. The molecule has 1 N–H and O–H groups in total. The zero-order valence-corrected chi connectivity index (χ0v) is 12.5. The van der Waals surface area contributed by atoms with Crippen LogP contribution in [-0.2, 0) is 0 Å². The van der Waals surface area contributed by atoms with Gasteiger partial charge in [-0.15, -0.1) is 0 Å². The minimum atomic E-state index is -0.320. The van der Waals surface area contributed by atoms with Crippen molar-refractivity contribution in [1.29, 1.82) is 0 Å². The molecule has 3 nitrogen and oxygen atoms in total. The van der Waals surface area contributed by atoms with Crippen LogP contribution in [0.2, 0.25) is 12.1 Å². The van der Waals surface area contributed by atoms with Crippen LogP contribution in [0.3, 0.4) is 0 Å². The van der Waals surface area contributed by atoms with Gasteiger partial charge in [0.25, 0.3) is 0 Å². The van der Waals surface area contributed by atoms with Crippen molar-refractivity contribution in [2.75, 3.05) is 19.6 Å². The molecule has 0 aromatic carbocycles. The second-order valence-corrected chi connectivity index (χ2v) is 7.15. The summed E-state index contributed by atoms with van der Waals surface area (Å²) in [6.07, 6.45) is 1.53.